The first-order valence-electron chi connectivity index (χ1n) is 7.94. The Balaban J connectivity index is 1.87. The topological polar surface area (TPSA) is 69.2 Å². The number of methoxy groups -OCH3 is 1. The number of nitrogens with one attached hydrogen (secondary N) is 1. The van der Waals surface area contributed by atoms with Crippen LogP contribution in [0.25, 0.3) is 0 Å². The van der Waals surface area contributed by atoms with Gasteiger partial charge < -0.3 is 14.2 Å². The van der Waals surface area contributed by atoms with Crippen molar-refractivity contribution >= 4 is 12.1 Å². The molecule has 0 atom stereocenters. The van der Waals surface area contributed by atoms with E-state index in [4.69, 9.17) is 14.2 Å². The van der Waals surface area contributed by atoms with Crippen LogP contribution in [0.3, 0.4) is 0 Å². The minimum Gasteiger partial charge on any atom is -0.493 e. The van der Waals surface area contributed by atoms with Gasteiger partial charge in [0.1, 0.15) is 5.75 Å². The van der Waals surface area contributed by atoms with Crippen LogP contribution in [0.5, 0.6) is 17.2 Å². The molecule has 1 N–H and O–H groups in total. The Hall–Kier alpha value is -3.02. The van der Waals surface area contributed by atoms with Crippen molar-refractivity contribution in [3.8, 4) is 17.2 Å². The molecule has 1 amide bonds. The van der Waals surface area contributed by atoms with Crippen LogP contribution < -0.4 is 19.6 Å². The number of rotatable bonds is 8. The van der Waals surface area contributed by atoms with E-state index in [1.807, 2.05) is 38.1 Å². The van der Waals surface area contributed by atoms with Crippen molar-refractivity contribution in [1.82, 2.24) is 5.43 Å². The number of carbonyl (C=O) groups excluding carboxylic acids is 1. The van der Waals surface area contributed by atoms with Crippen molar-refractivity contribution in [2.75, 3.05) is 20.3 Å². The molecule has 2 aromatic carbocycles. The first-order chi connectivity index (χ1) is 12.1. The van der Waals surface area contributed by atoms with E-state index >= 15 is 0 Å². The van der Waals surface area contributed by atoms with Gasteiger partial charge in [0, 0.05) is 0 Å². The summed E-state index contributed by atoms with van der Waals surface area (Å²) in [6.45, 7) is 4.29. The SMILES string of the molecule is CCOc1cc(/C=N\NC(=O)COc2cccc(C)c2)ccc1OC. The summed E-state index contributed by atoms with van der Waals surface area (Å²) in [6.07, 6.45) is 1.53. The van der Waals surface area contributed by atoms with Crippen molar-refractivity contribution in [2.45, 2.75) is 13.8 Å². The Labute approximate surface area is 147 Å². The van der Waals surface area contributed by atoms with E-state index in [1.165, 1.54) is 6.21 Å². The second-order valence-corrected chi connectivity index (χ2v) is 5.24. The molecule has 6 heteroatoms. The van der Waals surface area contributed by atoms with Gasteiger partial charge in [-0.15, -0.1) is 0 Å². The zero-order valence-corrected chi connectivity index (χ0v) is 14.6. The van der Waals surface area contributed by atoms with Crippen LogP contribution in [-0.4, -0.2) is 32.4 Å². The van der Waals surface area contributed by atoms with E-state index < -0.39 is 0 Å². The van der Waals surface area contributed by atoms with Gasteiger partial charge in [0.05, 0.1) is 19.9 Å². The molecule has 0 radical (unpaired) electrons. The van der Waals surface area contributed by atoms with Crippen LogP contribution in [0, 0.1) is 6.92 Å². The fourth-order valence-corrected chi connectivity index (χ4v) is 2.11. The third-order valence-electron chi connectivity index (χ3n) is 3.25. The fraction of sp³-hybridized carbons (Fsp3) is 0.263. The second kappa shape index (κ2) is 9.32. The summed E-state index contributed by atoms with van der Waals surface area (Å²) in [5.74, 6) is 1.59. The lowest BCUT2D eigenvalue weighted by Gasteiger charge is -2.09. The molecule has 0 bridgehead atoms. The summed E-state index contributed by atoms with van der Waals surface area (Å²) in [5.41, 5.74) is 4.28. The van der Waals surface area contributed by atoms with Crippen molar-refractivity contribution < 1.29 is 19.0 Å². The highest BCUT2D eigenvalue weighted by Crippen LogP contribution is 2.27. The predicted molar refractivity (Wildman–Crippen MR) is 96.6 cm³/mol. The van der Waals surface area contributed by atoms with Gasteiger partial charge in [-0.3, -0.25) is 4.79 Å². The van der Waals surface area contributed by atoms with Gasteiger partial charge in [0.25, 0.3) is 5.91 Å². The Morgan fingerprint density at radius 2 is 2.00 bits per heavy atom. The maximum Gasteiger partial charge on any atom is 0.277 e. The highest BCUT2D eigenvalue weighted by Gasteiger charge is 2.05. The third-order valence-corrected chi connectivity index (χ3v) is 3.25. The molecule has 0 saturated heterocycles. The zero-order chi connectivity index (χ0) is 18.1. The summed E-state index contributed by atoms with van der Waals surface area (Å²) < 4.78 is 16.1. The number of nitrogens with zero attached hydrogens (tertiary/aromatic N) is 1. The highest BCUT2D eigenvalue weighted by atomic mass is 16.5. The Morgan fingerprint density at radius 1 is 1.16 bits per heavy atom. The molecule has 0 fully saturated rings. The molecule has 2 aromatic rings. The van der Waals surface area contributed by atoms with Gasteiger partial charge in [-0.2, -0.15) is 5.10 Å². The van der Waals surface area contributed by atoms with Gasteiger partial charge in [0.2, 0.25) is 0 Å². The van der Waals surface area contributed by atoms with Gasteiger partial charge in [0.15, 0.2) is 18.1 Å². The Morgan fingerprint density at radius 3 is 2.72 bits per heavy atom. The summed E-state index contributed by atoms with van der Waals surface area (Å²) in [5, 5.41) is 3.93. The highest BCUT2D eigenvalue weighted by molar-refractivity contribution is 5.83. The molecule has 0 aliphatic rings. The smallest absolute Gasteiger partial charge is 0.277 e. The van der Waals surface area contributed by atoms with E-state index in [0.717, 1.165) is 11.1 Å². The normalized spacial score (nSPS) is 10.5. The lowest BCUT2D eigenvalue weighted by Crippen LogP contribution is -2.24. The number of amides is 1. The van der Waals surface area contributed by atoms with Gasteiger partial charge in [-0.25, -0.2) is 5.43 Å². The number of hydrogen-bond donors (Lipinski definition) is 1. The lowest BCUT2D eigenvalue weighted by atomic mass is 10.2. The number of aryl methyl sites for hydroxylation is 1. The average Bonchev–Trinajstić information content (AvgIpc) is 2.61. The number of carbonyl (C=O) groups is 1. The summed E-state index contributed by atoms with van der Waals surface area (Å²) in [4.78, 5) is 11.8. The van der Waals surface area contributed by atoms with Crippen LogP contribution in [0.15, 0.2) is 47.6 Å². The molecule has 2 rings (SSSR count). The van der Waals surface area contributed by atoms with E-state index in [0.29, 0.717) is 23.9 Å². The van der Waals surface area contributed by atoms with Gasteiger partial charge in [-0.05, 0) is 55.3 Å². The minimum atomic E-state index is -0.337. The van der Waals surface area contributed by atoms with Crippen LogP contribution in [-0.2, 0) is 4.79 Å². The van der Waals surface area contributed by atoms with Crippen LogP contribution >= 0.6 is 0 Å². The summed E-state index contributed by atoms with van der Waals surface area (Å²) >= 11 is 0. The molecule has 0 spiro atoms. The quantitative estimate of drug-likeness (QED) is 0.591. The van der Waals surface area contributed by atoms with Crippen LogP contribution in [0.4, 0.5) is 0 Å². The molecule has 0 aliphatic carbocycles. The van der Waals surface area contributed by atoms with Crippen molar-refractivity contribution in [3.63, 3.8) is 0 Å². The van der Waals surface area contributed by atoms with Crippen LogP contribution in [0.2, 0.25) is 0 Å². The Kier molecular flexibility index (Phi) is 6.83. The van der Waals surface area contributed by atoms with Crippen LogP contribution in [0.1, 0.15) is 18.1 Å². The number of ether oxygens (including phenoxy) is 3. The monoisotopic (exact) mass is 342 g/mol. The minimum absolute atomic E-state index is 0.104. The number of benzene rings is 2. The van der Waals surface area contributed by atoms with E-state index in [-0.39, 0.29) is 12.5 Å². The summed E-state index contributed by atoms with van der Waals surface area (Å²) in [6, 6.07) is 12.9. The zero-order valence-electron chi connectivity index (χ0n) is 14.6. The Bertz CT molecular complexity index is 744. The fourth-order valence-electron chi connectivity index (χ4n) is 2.11. The van der Waals surface area contributed by atoms with Gasteiger partial charge >= 0.3 is 0 Å². The molecule has 25 heavy (non-hydrogen) atoms. The number of hydrogen-bond acceptors (Lipinski definition) is 5. The molecular formula is C19H22N2O4. The molecule has 132 valence electrons. The second-order valence-electron chi connectivity index (χ2n) is 5.24. The molecule has 0 unspecified atom stereocenters. The standard InChI is InChI=1S/C19H22N2O4/c1-4-24-18-11-15(8-9-17(18)23-3)12-20-21-19(22)13-25-16-7-5-6-14(2)10-16/h5-12H,4,13H2,1-3H3,(H,21,22)/b20-12-. The lowest BCUT2D eigenvalue weighted by molar-refractivity contribution is -0.123. The molecule has 0 heterocycles. The predicted octanol–water partition coefficient (Wildman–Crippen LogP) is 2.93. The van der Waals surface area contributed by atoms with Gasteiger partial charge in [-0.1, -0.05) is 12.1 Å². The third kappa shape index (κ3) is 5.84. The molecular weight excluding hydrogens is 320 g/mol. The number of hydrazone groups is 1. The maximum atomic E-state index is 11.8. The molecule has 0 aromatic heterocycles. The van der Waals surface area contributed by atoms with E-state index in [9.17, 15) is 4.79 Å². The first kappa shape index (κ1) is 18.3. The molecule has 6 nitrogen and oxygen atoms in total. The van der Waals surface area contributed by atoms with Crippen molar-refractivity contribution in [3.05, 3.63) is 53.6 Å². The largest absolute Gasteiger partial charge is 0.493 e. The van der Waals surface area contributed by atoms with Crippen molar-refractivity contribution in [1.29, 1.82) is 0 Å². The van der Waals surface area contributed by atoms with E-state index in [1.54, 1.807) is 25.3 Å². The molecule has 0 aliphatic heterocycles. The first-order valence-corrected chi connectivity index (χ1v) is 7.94. The average molecular weight is 342 g/mol. The summed E-state index contributed by atoms with van der Waals surface area (Å²) in [7, 11) is 1.58. The molecule has 0 saturated carbocycles. The van der Waals surface area contributed by atoms with E-state index in [2.05, 4.69) is 10.5 Å². The van der Waals surface area contributed by atoms with Crippen molar-refractivity contribution in [2.24, 2.45) is 5.10 Å². The maximum absolute atomic E-state index is 11.8.